The molecule has 0 aliphatic heterocycles. The number of aromatic amines is 1. The summed E-state index contributed by atoms with van der Waals surface area (Å²) in [7, 11) is 0. The quantitative estimate of drug-likeness (QED) is 0.815. The van der Waals surface area contributed by atoms with Gasteiger partial charge < -0.3 is 9.82 Å². The molecule has 0 saturated carbocycles. The number of halogens is 3. The van der Waals surface area contributed by atoms with Gasteiger partial charge in [-0.2, -0.15) is 13.2 Å². The summed E-state index contributed by atoms with van der Waals surface area (Å²) >= 11 is 0. The minimum atomic E-state index is -4.36. The van der Waals surface area contributed by atoms with Crippen molar-refractivity contribution in [1.82, 2.24) is 4.98 Å². The van der Waals surface area contributed by atoms with Crippen LogP contribution < -0.4 is 5.90 Å². The van der Waals surface area contributed by atoms with E-state index in [0.717, 1.165) is 11.6 Å². The van der Waals surface area contributed by atoms with Crippen LogP contribution in [0.25, 0.3) is 10.9 Å². The van der Waals surface area contributed by atoms with E-state index in [1.54, 1.807) is 18.2 Å². The van der Waals surface area contributed by atoms with Crippen molar-refractivity contribution in [3.63, 3.8) is 0 Å². The zero-order valence-electron chi connectivity index (χ0n) is 8.84. The number of hydrogen-bond acceptors (Lipinski definition) is 2. The molecule has 2 rings (SSSR count). The molecule has 1 aromatic heterocycles. The Morgan fingerprint density at radius 1 is 1.29 bits per heavy atom. The predicted molar refractivity (Wildman–Crippen MR) is 57.1 cm³/mol. The lowest BCUT2D eigenvalue weighted by molar-refractivity contribution is -0.140. The number of benzene rings is 1. The van der Waals surface area contributed by atoms with Gasteiger partial charge >= 0.3 is 6.18 Å². The Bertz CT molecular complexity index is 519. The van der Waals surface area contributed by atoms with Crippen molar-refractivity contribution in [2.45, 2.75) is 12.6 Å². The molecule has 3 nitrogen and oxygen atoms in total. The van der Waals surface area contributed by atoms with Crippen molar-refractivity contribution < 1.29 is 18.0 Å². The number of nitrogens with one attached hydrogen (secondary N) is 1. The molecule has 6 heteroatoms. The maximum atomic E-state index is 12.5. The highest BCUT2D eigenvalue weighted by Crippen LogP contribution is 2.32. The van der Waals surface area contributed by atoms with Gasteiger partial charge in [-0.15, -0.1) is 0 Å². The first kappa shape index (κ1) is 11.9. The number of H-pyrrole nitrogens is 1. The topological polar surface area (TPSA) is 51.0 Å². The molecule has 92 valence electrons. The maximum Gasteiger partial charge on any atom is 0.431 e. The predicted octanol–water partition coefficient (Wildman–Crippen LogP) is 2.62. The Morgan fingerprint density at radius 2 is 2.06 bits per heavy atom. The number of hydrogen-bond donors (Lipinski definition) is 2. The van der Waals surface area contributed by atoms with Gasteiger partial charge in [0, 0.05) is 10.9 Å². The molecule has 2 aromatic rings. The summed E-state index contributed by atoms with van der Waals surface area (Å²) in [5.41, 5.74) is 0.500. The first-order valence-corrected chi connectivity index (χ1v) is 5.02. The van der Waals surface area contributed by atoms with Crippen molar-refractivity contribution in [1.29, 1.82) is 0 Å². The molecular weight excluding hydrogens is 233 g/mol. The van der Waals surface area contributed by atoms with E-state index in [-0.39, 0.29) is 6.61 Å². The van der Waals surface area contributed by atoms with Gasteiger partial charge in [0.1, 0.15) is 5.69 Å². The maximum absolute atomic E-state index is 12.5. The molecule has 0 bridgehead atoms. The third-order valence-corrected chi connectivity index (χ3v) is 2.55. The largest absolute Gasteiger partial charge is 0.431 e. The molecule has 0 atom stereocenters. The third-order valence-electron chi connectivity index (χ3n) is 2.55. The molecular formula is C11H11F3N2O. The minimum Gasteiger partial charge on any atom is -0.351 e. The van der Waals surface area contributed by atoms with Crippen LogP contribution in [0.5, 0.6) is 0 Å². The van der Waals surface area contributed by atoms with Crippen LogP contribution in [-0.4, -0.2) is 11.6 Å². The third kappa shape index (κ3) is 2.42. The van der Waals surface area contributed by atoms with Crippen molar-refractivity contribution in [2.75, 3.05) is 6.61 Å². The Labute approximate surface area is 95.3 Å². The highest BCUT2D eigenvalue weighted by Gasteiger charge is 2.32. The Kier molecular flexibility index (Phi) is 3.08. The van der Waals surface area contributed by atoms with Crippen LogP contribution >= 0.6 is 0 Å². The fourth-order valence-corrected chi connectivity index (χ4v) is 1.76. The molecule has 0 radical (unpaired) electrons. The van der Waals surface area contributed by atoms with Crippen LogP contribution in [0.3, 0.4) is 0 Å². The molecule has 0 fully saturated rings. The van der Waals surface area contributed by atoms with Crippen molar-refractivity contribution in [2.24, 2.45) is 5.90 Å². The number of rotatable bonds is 3. The molecule has 3 N–H and O–H groups in total. The van der Waals surface area contributed by atoms with Gasteiger partial charge in [-0.05, 0) is 24.1 Å². The average Bonchev–Trinajstić information content (AvgIpc) is 2.70. The Morgan fingerprint density at radius 3 is 2.71 bits per heavy atom. The summed E-state index contributed by atoms with van der Waals surface area (Å²) in [6.07, 6.45) is -3.89. The van der Waals surface area contributed by atoms with Crippen LogP contribution in [0, 0.1) is 0 Å². The first-order valence-electron chi connectivity index (χ1n) is 5.02. The smallest absolute Gasteiger partial charge is 0.351 e. The summed E-state index contributed by atoms with van der Waals surface area (Å²) in [5, 5.41) is 0.553. The van der Waals surface area contributed by atoms with E-state index in [2.05, 4.69) is 9.82 Å². The van der Waals surface area contributed by atoms with Crippen LogP contribution in [0.4, 0.5) is 13.2 Å². The second-order valence-electron chi connectivity index (χ2n) is 3.68. The second-order valence-corrected chi connectivity index (χ2v) is 3.68. The monoisotopic (exact) mass is 244 g/mol. The number of fused-ring (bicyclic) bond motifs is 1. The minimum absolute atomic E-state index is 0.269. The normalized spacial score (nSPS) is 12.2. The van der Waals surface area contributed by atoms with Gasteiger partial charge in [0.25, 0.3) is 0 Å². The summed E-state index contributed by atoms with van der Waals surface area (Å²) < 4.78 is 37.6. The molecule has 0 saturated heterocycles. The number of aromatic nitrogens is 1. The van der Waals surface area contributed by atoms with Crippen LogP contribution in [0.2, 0.25) is 0 Å². The van der Waals surface area contributed by atoms with E-state index in [9.17, 15) is 13.2 Å². The molecule has 0 aliphatic rings. The van der Waals surface area contributed by atoms with Gasteiger partial charge in [0.05, 0.1) is 6.61 Å². The van der Waals surface area contributed by atoms with E-state index in [0.29, 0.717) is 17.3 Å². The van der Waals surface area contributed by atoms with Crippen molar-refractivity contribution in [3.05, 3.63) is 35.5 Å². The first-order chi connectivity index (χ1) is 8.02. The molecule has 0 spiro atoms. The summed E-state index contributed by atoms with van der Waals surface area (Å²) in [6.45, 7) is 0.269. The van der Waals surface area contributed by atoms with Crippen LogP contribution in [0.1, 0.15) is 11.3 Å². The molecule has 0 amide bonds. The fraction of sp³-hybridized carbons (Fsp3) is 0.273. The van der Waals surface area contributed by atoms with Crippen LogP contribution in [-0.2, 0) is 17.4 Å². The van der Waals surface area contributed by atoms with Crippen molar-refractivity contribution >= 4 is 10.9 Å². The summed E-state index contributed by atoms with van der Waals surface area (Å²) in [5.74, 6) is 4.91. The Hall–Kier alpha value is -1.53. The molecule has 0 unspecified atom stereocenters. The molecule has 1 aromatic carbocycles. The average molecular weight is 244 g/mol. The van der Waals surface area contributed by atoms with E-state index in [4.69, 9.17) is 5.90 Å². The van der Waals surface area contributed by atoms with E-state index in [1.807, 2.05) is 0 Å². The van der Waals surface area contributed by atoms with Gasteiger partial charge in [0.15, 0.2) is 0 Å². The fourth-order valence-electron chi connectivity index (χ4n) is 1.76. The van der Waals surface area contributed by atoms with Gasteiger partial charge in [-0.25, -0.2) is 5.90 Å². The lowest BCUT2D eigenvalue weighted by atomic mass is 10.1. The molecule has 17 heavy (non-hydrogen) atoms. The van der Waals surface area contributed by atoms with Crippen molar-refractivity contribution in [3.8, 4) is 0 Å². The lowest BCUT2D eigenvalue weighted by Gasteiger charge is -2.01. The lowest BCUT2D eigenvalue weighted by Crippen LogP contribution is -2.04. The molecule has 0 aliphatic carbocycles. The Balaban J connectivity index is 2.45. The summed E-state index contributed by atoms with van der Waals surface area (Å²) in [6, 6.07) is 6.18. The van der Waals surface area contributed by atoms with Gasteiger partial charge in [-0.3, -0.25) is 0 Å². The second kappa shape index (κ2) is 4.38. The molecule has 1 heterocycles. The zero-order chi connectivity index (χ0) is 12.5. The zero-order valence-corrected chi connectivity index (χ0v) is 8.84. The standard InChI is InChI=1S/C11H11F3N2O/c12-11(13,14)10-6-8-7(4-5-17-15)2-1-3-9(8)16-10/h1-3,6,16H,4-5,15H2. The van der Waals surface area contributed by atoms with E-state index in [1.165, 1.54) is 0 Å². The van der Waals surface area contributed by atoms with E-state index >= 15 is 0 Å². The van der Waals surface area contributed by atoms with E-state index < -0.39 is 11.9 Å². The highest BCUT2D eigenvalue weighted by molar-refractivity contribution is 5.84. The SMILES string of the molecule is NOCCc1cccc2[nH]c(C(F)(F)F)cc12. The van der Waals surface area contributed by atoms with Gasteiger partial charge in [-0.1, -0.05) is 12.1 Å². The van der Waals surface area contributed by atoms with Gasteiger partial charge in [0.2, 0.25) is 0 Å². The highest BCUT2D eigenvalue weighted by atomic mass is 19.4. The number of alkyl halides is 3. The van der Waals surface area contributed by atoms with Crippen LogP contribution in [0.15, 0.2) is 24.3 Å². The summed E-state index contributed by atoms with van der Waals surface area (Å²) in [4.78, 5) is 6.79. The number of nitrogens with two attached hydrogens (primary N) is 1.